The van der Waals surface area contributed by atoms with Crippen molar-refractivity contribution in [3.8, 4) is 0 Å². The van der Waals surface area contributed by atoms with Gasteiger partial charge in [0, 0.05) is 31.0 Å². The Labute approximate surface area is 127 Å². The zero-order valence-corrected chi connectivity index (χ0v) is 11.9. The van der Waals surface area contributed by atoms with E-state index in [1.54, 1.807) is 0 Å². The summed E-state index contributed by atoms with van der Waals surface area (Å²) < 4.78 is 43.8. The van der Waals surface area contributed by atoms with Crippen molar-refractivity contribution in [2.45, 2.75) is 12.3 Å². The molecule has 3 rings (SSSR count). The van der Waals surface area contributed by atoms with Crippen LogP contribution in [0.3, 0.4) is 0 Å². The summed E-state index contributed by atoms with van der Waals surface area (Å²) >= 11 is 0. The number of rotatable bonds is 2. The van der Waals surface area contributed by atoms with Gasteiger partial charge in [-0.25, -0.2) is 0 Å². The van der Waals surface area contributed by atoms with Crippen LogP contribution in [0, 0.1) is 0 Å². The lowest BCUT2D eigenvalue weighted by Crippen LogP contribution is -2.44. The normalized spacial score (nSPS) is 22.6. The van der Waals surface area contributed by atoms with E-state index in [2.05, 4.69) is 5.32 Å². The number of ether oxygens (including phenoxy) is 1. The van der Waals surface area contributed by atoms with E-state index in [0.29, 0.717) is 19.7 Å². The first kappa shape index (κ1) is 15.1. The van der Waals surface area contributed by atoms with Crippen LogP contribution in [-0.4, -0.2) is 32.3 Å². The van der Waals surface area contributed by atoms with Crippen LogP contribution < -0.4 is 10.2 Å². The first-order chi connectivity index (χ1) is 10.6. The van der Waals surface area contributed by atoms with Gasteiger partial charge in [0.2, 0.25) is 0 Å². The number of hydrogen-bond donors (Lipinski definition) is 1. The van der Waals surface area contributed by atoms with Gasteiger partial charge in [-0.2, -0.15) is 13.2 Å². The number of halogens is 3. The molecule has 1 aromatic rings. The molecule has 1 fully saturated rings. The van der Waals surface area contributed by atoms with Crippen LogP contribution >= 0.6 is 0 Å². The zero-order valence-electron chi connectivity index (χ0n) is 11.9. The molecule has 1 unspecified atom stereocenters. The van der Waals surface area contributed by atoms with Gasteiger partial charge < -0.3 is 15.0 Å². The summed E-state index contributed by atoms with van der Waals surface area (Å²) in [6.07, 6.45) is 1.49. The van der Waals surface area contributed by atoms with Gasteiger partial charge in [0.15, 0.2) is 0 Å². The molecule has 1 saturated heterocycles. The molecule has 1 atom stereocenters. The summed E-state index contributed by atoms with van der Waals surface area (Å²) in [4.78, 5) is 1.98. The van der Waals surface area contributed by atoms with Crippen LogP contribution in [0.5, 0.6) is 0 Å². The maximum absolute atomic E-state index is 12.7. The molecule has 1 aromatic carbocycles. The van der Waals surface area contributed by atoms with E-state index >= 15 is 0 Å². The van der Waals surface area contributed by atoms with Crippen molar-refractivity contribution in [2.24, 2.45) is 0 Å². The van der Waals surface area contributed by atoms with E-state index in [0.717, 1.165) is 30.1 Å². The fourth-order valence-corrected chi connectivity index (χ4v) is 2.65. The molecule has 0 amide bonds. The fraction of sp³-hybridized carbons (Fsp3) is 0.375. The van der Waals surface area contributed by atoms with Gasteiger partial charge in [-0.3, -0.25) is 0 Å². The van der Waals surface area contributed by atoms with Crippen molar-refractivity contribution in [3.05, 3.63) is 53.8 Å². The number of anilines is 1. The number of allylic oxidation sites excluding steroid dienone is 2. The summed E-state index contributed by atoms with van der Waals surface area (Å²) in [6.45, 7) is 2.78. The van der Waals surface area contributed by atoms with Crippen LogP contribution in [0.15, 0.2) is 48.2 Å². The largest absolute Gasteiger partial charge is 0.416 e. The minimum Gasteiger partial charge on any atom is -0.369 e. The number of morpholine rings is 1. The molecule has 2 aliphatic rings. The van der Waals surface area contributed by atoms with Crippen molar-refractivity contribution in [1.29, 1.82) is 0 Å². The quantitative estimate of drug-likeness (QED) is 0.909. The first-order valence-corrected chi connectivity index (χ1v) is 7.19. The Kier molecular flexibility index (Phi) is 4.22. The van der Waals surface area contributed by atoms with Crippen molar-refractivity contribution in [1.82, 2.24) is 5.32 Å². The molecular formula is C16H17F3N2O. The van der Waals surface area contributed by atoms with Gasteiger partial charge in [-0.1, -0.05) is 12.2 Å². The highest BCUT2D eigenvalue weighted by Crippen LogP contribution is 2.32. The van der Waals surface area contributed by atoms with E-state index < -0.39 is 11.7 Å². The average Bonchev–Trinajstić information content (AvgIpc) is 2.55. The van der Waals surface area contributed by atoms with Gasteiger partial charge in [-0.05, 0) is 30.3 Å². The molecule has 2 heterocycles. The van der Waals surface area contributed by atoms with Gasteiger partial charge in [0.1, 0.15) is 6.10 Å². The molecule has 0 aromatic heterocycles. The molecule has 6 heteroatoms. The molecule has 0 bridgehead atoms. The van der Waals surface area contributed by atoms with Crippen LogP contribution in [0.4, 0.5) is 18.9 Å². The first-order valence-electron chi connectivity index (χ1n) is 7.19. The van der Waals surface area contributed by atoms with Crippen LogP contribution in [-0.2, 0) is 10.9 Å². The van der Waals surface area contributed by atoms with Crippen molar-refractivity contribution < 1.29 is 17.9 Å². The summed E-state index contributed by atoms with van der Waals surface area (Å²) in [6, 6.07) is 5.24. The molecule has 118 valence electrons. The van der Waals surface area contributed by atoms with Gasteiger partial charge in [0.05, 0.1) is 12.2 Å². The Morgan fingerprint density at radius 1 is 1.18 bits per heavy atom. The maximum Gasteiger partial charge on any atom is 0.416 e. The molecule has 22 heavy (non-hydrogen) atoms. The van der Waals surface area contributed by atoms with Crippen LogP contribution in [0.25, 0.3) is 0 Å². The second-order valence-electron chi connectivity index (χ2n) is 5.24. The SMILES string of the molecule is FC(F)(F)c1ccc(N2CC=CC=C2C2CNCCO2)cc1. The number of hydrogen-bond acceptors (Lipinski definition) is 3. The van der Waals surface area contributed by atoms with E-state index in [-0.39, 0.29) is 6.10 Å². The summed E-state index contributed by atoms with van der Waals surface area (Å²) in [7, 11) is 0. The Morgan fingerprint density at radius 2 is 1.95 bits per heavy atom. The van der Waals surface area contributed by atoms with Gasteiger partial charge in [0.25, 0.3) is 0 Å². The van der Waals surface area contributed by atoms with Crippen LogP contribution in [0.2, 0.25) is 0 Å². The zero-order chi connectivity index (χ0) is 15.6. The molecule has 1 N–H and O–H groups in total. The minimum atomic E-state index is -4.31. The third-order valence-electron chi connectivity index (χ3n) is 3.77. The summed E-state index contributed by atoms with van der Waals surface area (Å²) in [5.41, 5.74) is 1.07. The highest BCUT2D eigenvalue weighted by molar-refractivity contribution is 5.56. The molecule has 0 saturated carbocycles. The Hall–Kier alpha value is -1.79. The van der Waals surface area contributed by atoms with E-state index in [4.69, 9.17) is 4.74 Å². The third-order valence-corrected chi connectivity index (χ3v) is 3.77. The average molecular weight is 310 g/mol. The fourth-order valence-electron chi connectivity index (χ4n) is 2.65. The lowest BCUT2D eigenvalue weighted by atomic mass is 10.1. The highest BCUT2D eigenvalue weighted by atomic mass is 19.4. The van der Waals surface area contributed by atoms with Gasteiger partial charge >= 0.3 is 6.18 Å². The molecule has 3 nitrogen and oxygen atoms in total. The van der Waals surface area contributed by atoms with Gasteiger partial charge in [-0.15, -0.1) is 0 Å². The highest BCUT2D eigenvalue weighted by Gasteiger charge is 2.31. The van der Waals surface area contributed by atoms with Crippen molar-refractivity contribution in [3.63, 3.8) is 0 Å². The molecule has 0 radical (unpaired) electrons. The lowest BCUT2D eigenvalue weighted by molar-refractivity contribution is -0.137. The standard InChI is InChI=1S/C16H17F3N2O/c17-16(18,19)12-4-6-13(7-5-12)21-9-2-1-3-14(21)15-11-20-8-10-22-15/h1-7,15,20H,8-11H2. The molecule has 0 spiro atoms. The number of nitrogens with zero attached hydrogens (tertiary/aromatic N) is 1. The number of alkyl halides is 3. The molecular weight excluding hydrogens is 293 g/mol. The van der Waals surface area contributed by atoms with Crippen molar-refractivity contribution in [2.75, 3.05) is 31.1 Å². The van der Waals surface area contributed by atoms with E-state index in [1.807, 2.05) is 23.1 Å². The number of benzene rings is 1. The monoisotopic (exact) mass is 310 g/mol. The minimum absolute atomic E-state index is 0.0824. The Bertz CT molecular complexity index is 572. The second kappa shape index (κ2) is 6.14. The Balaban J connectivity index is 1.83. The predicted molar refractivity (Wildman–Crippen MR) is 78.6 cm³/mol. The van der Waals surface area contributed by atoms with Crippen LogP contribution in [0.1, 0.15) is 5.56 Å². The second-order valence-corrected chi connectivity index (χ2v) is 5.24. The predicted octanol–water partition coefficient (Wildman–Crippen LogP) is 2.95. The van der Waals surface area contributed by atoms with Crippen molar-refractivity contribution >= 4 is 5.69 Å². The van der Waals surface area contributed by atoms with E-state index in [9.17, 15) is 13.2 Å². The molecule has 0 aliphatic carbocycles. The Morgan fingerprint density at radius 3 is 2.59 bits per heavy atom. The summed E-state index contributed by atoms with van der Waals surface area (Å²) in [5, 5.41) is 3.27. The molecule has 2 aliphatic heterocycles. The lowest BCUT2D eigenvalue weighted by Gasteiger charge is -2.35. The topological polar surface area (TPSA) is 24.5 Å². The maximum atomic E-state index is 12.7. The van der Waals surface area contributed by atoms with E-state index in [1.165, 1.54) is 12.1 Å². The smallest absolute Gasteiger partial charge is 0.369 e. The number of nitrogens with one attached hydrogen (secondary N) is 1. The summed E-state index contributed by atoms with van der Waals surface area (Å²) in [5.74, 6) is 0. The third kappa shape index (κ3) is 3.18.